The fourth-order valence-electron chi connectivity index (χ4n) is 3.31. The van der Waals surface area contributed by atoms with Crippen LogP contribution in [-0.2, 0) is 6.42 Å². The van der Waals surface area contributed by atoms with E-state index in [1.165, 1.54) is 0 Å². The summed E-state index contributed by atoms with van der Waals surface area (Å²) in [4.78, 5) is 29.4. The molecule has 0 heterocycles. The summed E-state index contributed by atoms with van der Waals surface area (Å²) in [5.74, 6) is -0.157. The van der Waals surface area contributed by atoms with Crippen molar-refractivity contribution in [3.63, 3.8) is 0 Å². The van der Waals surface area contributed by atoms with Crippen LogP contribution < -0.4 is 20.9 Å². The summed E-state index contributed by atoms with van der Waals surface area (Å²) in [6.45, 7) is 9.55. The van der Waals surface area contributed by atoms with Gasteiger partial charge in [0.25, 0.3) is 5.91 Å². The van der Waals surface area contributed by atoms with Crippen molar-refractivity contribution in [1.82, 2.24) is 10.2 Å². The molecule has 0 saturated heterocycles. The van der Waals surface area contributed by atoms with Crippen LogP contribution >= 0.6 is 0 Å². The van der Waals surface area contributed by atoms with E-state index in [4.69, 9.17) is 0 Å². The standard InChI is InChI=1S/C24H35N5O2/c1-6-18-10-9-11-19(16-18)26-24(31)27-20-12-13-22(28(4)5)21(17-20)23(30)25-14-15-29(7-2)8-3/h9-13,16-17H,6-8,14-15H2,1-5H3,(H,25,30)(H2,26,27,31). The molecule has 0 fully saturated rings. The molecular formula is C24H35N5O2. The largest absolute Gasteiger partial charge is 0.377 e. The average molecular weight is 426 g/mol. The second-order valence-electron chi connectivity index (χ2n) is 7.54. The number of nitrogens with zero attached hydrogens (tertiary/aromatic N) is 2. The van der Waals surface area contributed by atoms with Crippen LogP contribution in [-0.4, -0.2) is 57.1 Å². The Hall–Kier alpha value is -3.06. The number of hydrogen-bond donors (Lipinski definition) is 3. The van der Waals surface area contributed by atoms with Crippen molar-refractivity contribution >= 4 is 29.0 Å². The highest BCUT2D eigenvalue weighted by Gasteiger charge is 2.15. The average Bonchev–Trinajstić information content (AvgIpc) is 2.76. The summed E-state index contributed by atoms with van der Waals surface area (Å²) in [7, 11) is 3.78. The molecule has 2 rings (SSSR count). The quantitative estimate of drug-likeness (QED) is 0.537. The van der Waals surface area contributed by atoms with Crippen LogP contribution in [0.25, 0.3) is 0 Å². The first-order chi connectivity index (χ1) is 14.9. The van der Waals surface area contributed by atoms with E-state index in [1.807, 2.05) is 49.3 Å². The molecule has 7 nitrogen and oxygen atoms in total. The van der Waals surface area contributed by atoms with E-state index in [2.05, 4.69) is 41.6 Å². The molecule has 3 amide bonds. The van der Waals surface area contributed by atoms with Gasteiger partial charge in [0.05, 0.1) is 5.56 Å². The number of anilines is 3. The van der Waals surface area contributed by atoms with E-state index in [0.717, 1.165) is 43.0 Å². The third-order valence-electron chi connectivity index (χ3n) is 5.18. The minimum Gasteiger partial charge on any atom is -0.377 e. The normalized spacial score (nSPS) is 10.6. The highest BCUT2D eigenvalue weighted by atomic mass is 16.2. The molecule has 0 radical (unpaired) electrons. The summed E-state index contributed by atoms with van der Waals surface area (Å²) in [6.07, 6.45) is 0.899. The summed E-state index contributed by atoms with van der Waals surface area (Å²) in [6, 6.07) is 12.7. The molecule has 0 aliphatic carbocycles. The predicted octanol–water partition coefficient (Wildman–Crippen LogP) is 4.03. The lowest BCUT2D eigenvalue weighted by Crippen LogP contribution is -2.35. The maximum atomic E-state index is 12.8. The van der Waals surface area contributed by atoms with E-state index < -0.39 is 0 Å². The van der Waals surface area contributed by atoms with Crippen molar-refractivity contribution in [3.8, 4) is 0 Å². The number of urea groups is 1. The van der Waals surface area contributed by atoms with Gasteiger partial charge >= 0.3 is 6.03 Å². The summed E-state index contributed by atoms with van der Waals surface area (Å²) < 4.78 is 0. The Bertz CT molecular complexity index is 878. The number of carbonyl (C=O) groups is 2. The first-order valence-corrected chi connectivity index (χ1v) is 10.9. The van der Waals surface area contributed by atoms with E-state index in [0.29, 0.717) is 17.8 Å². The van der Waals surface area contributed by atoms with Gasteiger partial charge in [-0.25, -0.2) is 4.79 Å². The van der Waals surface area contributed by atoms with Crippen molar-refractivity contribution in [2.24, 2.45) is 0 Å². The smallest absolute Gasteiger partial charge is 0.323 e. The van der Waals surface area contributed by atoms with E-state index in [9.17, 15) is 9.59 Å². The zero-order valence-corrected chi connectivity index (χ0v) is 19.3. The maximum absolute atomic E-state index is 12.8. The van der Waals surface area contributed by atoms with E-state index in [1.54, 1.807) is 12.1 Å². The molecule has 0 saturated carbocycles. The molecule has 2 aromatic rings. The molecule has 0 spiro atoms. The first kappa shape index (κ1) is 24.2. The Balaban J connectivity index is 2.09. The lowest BCUT2D eigenvalue weighted by Gasteiger charge is -2.20. The van der Waals surface area contributed by atoms with Crippen LogP contribution in [0.4, 0.5) is 21.9 Å². The van der Waals surface area contributed by atoms with Crippen molar-refractivity contribution in [2.45, 2.75) is 27.2 Å². The van der Waals surface area contributed by atoms with Gasteiger partial charge in [0.15, 0.2) is 0 Å². The van der Waals surface area contributed by atoms with Crippen molar-refractivity contribution in [3.05, 3.63) is 53.6 Å². The second kappa shape index (κ2) is 12.0. The zero-order chi connectivity index (χ0) is 22.8. The number of carbonyl (C=O) groups excluding carboxylic acids is 2. The second-order valence-corrected chi connectivity index (χ2v) is 7.54. The molecule has 0 aliphatic heterocycles. The van der Waals surface area contributed by atoms with Gasteiger partial charge in [-0.2, -0.15) is 0 Å². The Kier molecular flexibility index (Phi) is 9.34. The van der Waals surface area contributed by atoms with Crippen LogP contribution in [0.2, 0.25) is 0 Å². The number of amides is 3. The van der Waals surface area contributed by atoms with Crippen LogP contribution in [0.3, 0.4) is 0 Å². The molecule has 0 bridgehead atoms. The fraction of sp³-hybridized carbons (Fsp3) is 0.417. The summed E-state index contributed by atoms with van der Waals surface area (Å²) >= 11 is 0. The molecule has 0 aromatic heterocycles. The Morgan fingerprint density at radius 1 is 0.903 bits per heavy atom. The molecule has 0 atom stereocenters. The predicted molar refractivity (Wildman–Crippen MR) is 129 cm³/mol. The molecule has 0 unspecified atom stereocenters. The Morgan fingerprint density at radius 3 is 2.19 bits per heavy atom. The van der Waals surface area contributed by atoms with Gasteiger partial charge in [-0.05, 0) is 55.4 Å². The zero-order valence-electron chi connectivity index (χ0n) is 19.3. The van der Waals surface area contributed by atoms with Gasteiger partial charge in [-0.15, -0.1) is 0 Å². The van der Waals surface area contributed by atoms with Gasteiger partial charge < -0.3 is 25.8 Å². The topological polar surface area (TPSA) is 76.7 Å². The lowest BCUT2D eigenvalue weighted by atomic mass is 10.1. The molecule has 3 N–H and O–H groups in total. The number of hydrogen-bond acceptors (Lipinski definition) is 4. The van der Waals surface area contributed by atoms with Crippen LogP contribution in [0.15, 0.2) is 42.5 Å². The van der Waals surface area contributed by atoms with Crippen molar-refractivity contribution < 1.29 is 9.59 Å². The number of aryl methyl sites for hydroxylation is 1. The van der Waals surface area contributed by atoms with E-state index >= 15 is 0 Å². The highest BCUT2D eigenvalue weighted by molar-refractivity contribution is 6.04. The molecular weight excluding hydrogens is 390 g/mol. The summed E-state index contributed by atoms with van der Waals surface area (Å²) in [5.41, 5.74) is 3.76. The van der Waals surface area contributed by atoms with Crippen LogP contribution in [0.1, 0.15) is 36.7 Å². The monoisotopic (exact) mass is 425 g/mol. The summed E-state index contributed by atoms with van der Waals surface area (Å²) in [5, 5.41) is 8.66. The van der Waals surface area contributed by atoms with Gasteiger partial charge in [0.2, 0.25) is 0 Å². The fourth-order valence-corrected chi connectivity index (χ4v) is 3.31. The van der Waals surface area contributed by atoms with Crippen LogP contribution in [0, 0.1) is 0 Å². The lowest BCUT2D eigenvalue weighted by molar-refractivity contribution is 0.0949. The molecule has 7 heteroatoms. The number of rotatable bonds is 10. The highest BCUT2D eigenvalue weighted by Crippen LogP contribution is 2.23. The number of nitrogens with one attached hydrogen (secondary N) is 3. The van der Waals surface area contributed by atoms with Gasteiger partial charge in [0.1, 0.15) is 0 Å². The minimum atomic E-state index is -0.348. The van der Waals surface area contributed by atoms with Gasteiger partial charge in [-0.3, -0.25) is 4.79 Å². The third-order valence-corrected chi connectivity index (χ3v) is 5.18. The minimum absolute atomic E-state index is 0.157. The Labute approximate surface area is 185 Å². The third kappa shape index (κ3) is 7.29. The Morgan fingerprint density at radius 2 is 1.58 bits per heavy atom. The molecule has 0 aliphatic rings. The number of likely N-dealkylation sites (N-methyl/N-ethyl adjacent to an activating group) is 1. The molecule has 31 heavy (non-hydrogen) atoms. The van der Waals surface area contributed by atoms with Crippen molar-refractivity contribution in [2.75, 3.05) is 55.8 Å². The van der Waals surface area contributed by atoms with E-state index in [-0.39, 0.29) is 11.9 Å². The van der Waals surface area contributed by atoms with Crippen LogP contribution in [0.5, 0.6) is 0 Å². The van der Waals surface area contributed by atoms with Gasteiger partial charge in [0, 0.05) is 44.2 Å². The SMILES string of the molecule is CCc1cccc(NC(=O)Nc2ccc(N(C)C)c(C(=O)NCCN(CC)CC)c2)c1. The first-order valence-electron chi connectivity index (χ1n) is 10.9. The van der Waals surface area contributed by atoms with Gasteiger partial charge in [-0.1, -0.05) is 32.9 Å². The number of benzene rings is 2. The maximum Gasteiger partial charge on any atom is 0.323 e. The molecule has 168 valence electrons. The van der Waals surface area contributed by atoms with Crippen molar-refractivity contribution in [1.29, 1.82) is 0 Å². The molecule has 2 aromatic carbocycles.